The highest BCUT2D eigenvalue weighted by atomic mass is 16.8. The molecular weight excluding hydrogens is 244 g/mol. The Morgan fingerprint density at radius 3 is 2.89 bits per heavy atom. The minimum Gasteiger partial charge on any atom is -0.432 e. The number of carbonyl (C=O) groups is 1. The number of hydrogen-bond donors (Lipinski definition) is 1. The van der Waals surface area contributed by atoms with E-state index in [1.54, 1.807) is 6.92 Å². The molecule has 1 spiro atoms. The molecule has 106 valence electrons. The number of hydrogen-bond acceptors (Lipinski definition) is 4. The van der Waals surface area contributed by atoms with Crippen molar-refractivity contribution in [3.8, 4) is 0 Å². The van der Waals surface area contributed by atoms with Crippen LogP contribution in [0.15, 0.2) is 0 Å². The van der Waals surface area contributed by atoms with Gasteiger partial charge in [0, 0.05) is 18.3 Å². The van der Waals surface area contributed by atoms with Gasteiger partial charge in [-0.25, -0.2) is 0 Å². The van der Waals surface area contributed by atoms with E-state index in [1.807, 2.05) is 6.92 Å². The molecule has 0 bridgehead atoms. The number of aliphatic hydroxyl groups is 1. The van der Waals surface area contributed by atoms with E-state index in [4.69, 9.17) is 9.47 Å². The average molecular weight is 266 g/mol. The molecule has 2 saturated heterocycles. The van der Waals surface area contributed by atoms with Gasteiger partial charge in [-0.2, -0.15) is 0 Å². The smallest absolute Gasteiger partial charge is 0.311 e. The van der Waals surface area contributed by atoms with Crippen LogP contribution in [0.5, 0.6) is 0 Å². The van der Waals surface area contributed by atoms with E-state index in [9.17, 15) is 9.90 Å². The molecule has 0 radical (unpaired) electrons. The molecule has 0 amide bonds. The summed E-state index contributed by atoms with van der Waals surface area (Å²) >= 11 is 0. The summed E-state index contributed by atoms with van der Waals surface area (Å²) in [5, 5.41) is 10.3. The van der Waals surface area contributed by atoms with E-state index in [0.29, 0.717) is 18.3 Å². The van der Waals surface area contributed by atoms with Crippen LogP contribution in [0, 0.1) is 23.2 Å². The number of esters is 1. The molecule has 2 aliphatic heterocycles. The van der Waals surface area contributed by atoms with Crippen LogP contribution in [-0.2, 0) is 14.3 Å². The van der Waals surface area contributed by atoms with E-state index >= 15 is 0 Å². The largest absolute Gasteiger partial charge is 0.432 e. The molecule has 2 saturated carbocycles. The molecule has 19 heavy (non-hydrogen) atoms. The van der Waals surface area contributed by atoms with Gasteiger partial charge in [0.1, 0.15) is 0 Å². The Hall–Kier alpha value is -0.610. The third kappa shape index (κ3) is 1.34. The molecule has 0 aromatic carbocycles. The van der Waals surface area contributed by atoms with Crippen molar-refractivity contribution in [2.45, 2.75) is 63.9 Å². The molecule has 6 atom stereocenters. The third-order valence-electron chi connectivity index (χ3n) is 6.15. The molecule has 6 unspecified atom stereocenters. The van der Waals surface area contributed by atoms with E-state index in [0.717, 1.165) is 19.3 Å². The molecule has 4 heteroatoms. The van der Waals surface area contributed by atoms with E-state index in [2.05, 4.69) is 0 Å². The first kappa shape index (κ1) is 12.2. The Kier molecular flexibility index (Phi) is 2.14. The van der Waals surface area contributed by atoms with E-state index < -0.39 is 11.6 Å². The maximum absolute atomic E-state index is 12.1. The fourth-order valence-corrected chi connectivity index (χ4v) is 5.26. The standard InChI is InChI=1S/C15H22O4/c1-9-11-5-3-4-10-6-7-13(2,17)19-15(18-12(9)16)8-14(10,11)15/h9-11,17H,3-8H2,1-2H3. The summed E-state index contributed by atoms with van der Waals surface area (Å²) in [6.45, 7) is 3.70. The summed E-state index contributed by atoms with van der Waals surface area (Å²) in [7, 11) is 0. The van der Waals surface area contributed by atoms with Crippen LogP contribution in [-0.4, -0.2) is 22.7 Å². The monoisotopic (exact) mass is 266 g/mol. The summed E-state index contributed by atoms with van der Waals surface area (Å²) < 4.78 is 11.6. The van der Waals surface area contributed by atoms with Gasteiger partial charge in [0.05, 0.1) is 5.92 Å². The lowest BCUT2D eigenvalue weighted by Crippen LogP contribution is -2.50. The second-order valence-electron chi connectivity index (χ2n) is 7.23. The maximum atomic E-state index is 12.1. The maximum Gasteiger partial charge on any atom is 0.311 e. The molecule has 4 nitrogen and oxygen atoms in total. The molecule has 4 aliphatic rings. The fraction of sp³-hybridized carbons (Fsp3) is 0.933. The van der Waals surface area contributed by atoms with Crippen molar-refractivity contribution in [3.05, 3.63) is 0 Å². The Bertz CT molecular complexity index is 445. The van der Waals surface area contributed by atoms with Gasteiger partial charge in [0.25, 0.3) is 0 Å². The Labute approximate surface area is 113 Å². The molecule has 0 aromatic heterocycles. The zero-order valence-electron chi connectivity index (χ0n) is 11.6. The summed E-state index contributed by atoms with van der Waals surface area (Å²) in [4.78, 5) is 12.1. The highest BCUT2D eigenvalue weighted by molar-refractivity contribution is 5.75. The van der Waals surface area contributed by atoms with E-state index in [-0.39, 0.29) is 17.3 Å². The van der Waals surface area contributed by atoms with Crippen LogP contribution in [0.1, 0.15) is 52.4 Å². The second kappa shape index (κ2) is 3.34. The topological polar surface area (TPSA) is 55.8 Å². The SMILES string of the molecule is CC1C(=O)OC23CC24C(CCCC14)CCC(C)(O)O3. The number of carbonyl (C=O) groups excluding carboxylic acids is 1. The molecule has 4 fully saturated rings. The Balaban J connectivity index is 1.80. The predicted molar refractivity (Wildman–Crippen MR) is 66.8 cm³/mol. The van der Waals surface area contributed by atoms with Crippen LogP contribution in [0.3, 0.4) is 0 Å². The minimum absolute atomic E-state index is 0.000926. The summed E-state index contributed by atoms with van der Waals surface area (Å²) in [5.41, 5.74) is -0.000926. The predicted octanol–water partition coefficient (Wildman–Crippen LogP) is 2.20. The Morgan fingerprint density at radius 1 is 1.32 bits per heavy atom. The van der Waals surface area contributed by atoms with Crippen LogP contribution in [0.4, 0.5) is 0 Å². The van der Waals surface area contributed by atoms with Gasteiger partial charge in [-0.1, -0.05) is 13.3 Å². The summed E-state index contributed by atoms with van der Waals surface area (Å²) in [5.74, 6) is -1.22. The molecule has 1 N–H and O–H groups in total. The second-order valence-corrected chi connectivity index (χ2v) is 7.23. The van der Waals surface area contributed by atoms with Gasteiger partial charge in [0.15, 0.2) is 5.79 Å². The van der Waals surface area contributed by atoms with Crippen molar-refractivity contribution in [3.63, 3.8) is 0 Å². The molecule has 4 rings (SSSR count). The van der Waals surface area contributed by atoms with E-state index in [1.165, 1.54) is 12.8 Å². The lowest BCUT2D eigenvalue weighted by molar-refractivity contribution is -0.312. The van der Waals surface area contributed by atoms with Crippen molar-refractivity contribution in [1.29, 1.82) is 0 Å². The van der Waals surface area contributed by atoms with Crippen LogP contribution in [0.25, 0.3) is 0 Å². The van der Waals surface area contributed by atoms with Gasteiger partial charge >= 0.3 is 5.97 Å². The van der Waals surface area contributed by atoms with Crippen LogP contribution < -0.4 is 0 Å². The lowest BCUT2D eigenvalue weighted by Gasteiger charge is -2.46. The van der Waals surface area contributed by atoms with Crippen molar-refractivity contribution in [2.75, 3.05) is 0 Å². The zero-order chi connectivity index (χ0) is 13.5. The van der Waals surface area contributed by atoms with Crippen molar-refractivity contribution in [2.24, 2.45) is 23.2 Å². The minimum atomic E-state index is -1.16. The first-order valence-corrected chi connectivity index (χ1v) is 7.56. The highest BCUT2D eigenvalue weighted by Crippen LogP contribution is 2.77. The summed E-state index contributed by atoms with van der Waals surface area (Å²) in [6.07, 6.45) is 5.88. The van der Waals surface area contributed by atoms with Gasteiger partial charge in [-0.05, 0) is 38.0 Å². The quantitative estimate of drug-likeness (QED) is 0.683. The molecule has 2 aliphatic carbocycles. The van der Waals surface area contributed by atoms with Crippen molar-refractivity contribution < 1.29 is 19.4 Å². The molecular formula is C15H22O4. The van der Waals surface area contributed by atoms with Gasteiger partial charge in [-0.15, -0.1) is 0 Å². The first-order valence-electron chi connectivity index (χ1n) is 7.56. The van der Waals surface area contributed by atoms with Gasteiger partial charge in [-0.3, -0.25) is 4.79 Å². The Morgan fingerprint density at radius 2 is 2.11 bits per heavy atom. The van der Waals surface area contributed by atoms with Crippen molar-refractivity contribution in [1.82, 2.24) is 0 Å². The normalized spacial score (nSPS) is 59.5. The van der Waals surface area contributed by atoms with Crippen LogP contribution in [0.2, 0.25) is 0 Å². The lowest BCUT2D eigenvalue weighted by atomic mass is 9.62. The first-order chi connectivity index (χ1) is 8.90. The highest BCUT2D eigenvalue weighted by Gasteiger charge is 2.83. The third-order valence-corrected chi connectivity index (χ3v) is 6.15. The molecule has 2 heterocycles. The van der Waals surface area contributed by atoms with Gasteiger partial charge in [0.2, 0.25) is 5.79 Å². The summed E-state index contributed by atoms with van der Waals surface area (Å²) in [6, 6.07) is 0. The fourth-order valence-electron chi connectivity index (χ4n) is 5.26. The average Bonchev–Trinajstić information content (AvgIpc) is 2.95. The number of ether oxygens (including phenoxy) is 2. The zero-order valence-corrected chi connectivity index (χ0v) is 11.6. The van der Waals surface area contributed by atoms with Crippen LogP contribution >= 0.6 is 0 Å². The van der Waals surface area contributed by atoms with Crippen molar-refractivity contribution >= 4 is 5.97 Å². The number of rotatable bonds is 0. The van der Waals surface area contributed by atoms with Gasteiger partial charge < -0.3 is 14.6 Å². The molecule has 0 aromatic rings.